The molecule has 6 heteroatoms. The maximum atomic E-state index is 12.5. The summed E-state index contributed by atoms with van der Waals surface area (Å²) in [6, 6.07) is 27.3. The van der Waals surface area contributed by atoms with Gasteiger partial charge in [0, 0.05) is 21.8 Å². The van der Waals surface area contributed by atoms with Crippen molar-refractivity contribution in [3.05, 3.63) is 95.5 Å². The van der Waals surface area contributed by atoms with Crippen LogP contribution in [0.15, 0.2) is 89.3 Å². The van der Waals surface area contributed by atoms with E-state index >= 15 is 0 Å². The lowest BCUT2D eigenvalue weighted by Gasteiger charge is -2.06. The van der Waals surface area contributed by atoms with Crippen molar-refractivity contribution in [1.29, 1.82) is 5.26 Å². The van der Waals surface area contributed by atoms with Crippen molar-refractivity contribution in [3.63, 3.8) is 0 Å². The van der Waals surface area contributed by atoms with Crippen molar-refractivity contribution < 1.29 is 9.21 Å². The lowest BCUT2D eigenvalue weighted by Crippen LogP contribution is -2.19. The minimum Gasteiger partial charge on any atom is -0.438 e. The molecule has 0 saturated heterocycles. The summed E-state index contributed by atoms with van der Waals surface area (Å²) < 4.78 is 5.99. The first-order chi connectivity index (χ1) is 14.7. The summed E-state index contributed by atoms with van der Waals surface area (Å²) in [4.78, 5) is 12.5. The van der Waals surface area contributed by atoms with Crippen molar-refractivity contribution in [2.75, 3.05) is 10.6 Å². The quantitative estimate of drug-likeness (QED) is 0.387. The van der Waals surface area contributed by atoms with E-state index in [0.717, 1.165) is 11.1 Å². The van der Waals surface area contributed by atoms with Crippen LogP contribution in [0, 0.1) is 11.3 Å². The number of amides is 2. The third-order valence-corrected chi connectivity index (χ3v) is 4.66. The minimum atomic E-state index is -0.540. The van der Waals surface area contributed by atoms with E-state index in [4.69, 9.17) is 16.0 Å². The fourth-order valence-corrected chi connectivity index (χ4v) is 3.32. The highest BCUT2D eigenvalue weighted by Crippen LogP contribution is 2.41. The molecule has 4 rings (SSSR count). The Hall–Kier alpha value is -4.01. The normalized spacial score (nSPS) is 10.3. The molecule has 0 aliphatic carbocycles. The summed E-state index contributed by atoms with van der Waals surface area (Å²) in [7, 11) is 0. The highest BCUT2D eigenvalue weighted by atomic mass is 35.5. The fourth-order valence-electron chi connectivity index (χ4n) is 3.13. The van der Waals surface area contributed by atoms with E-state index in [1.54, 1.807) is 24.3 Å². The third-order valence-electron chi connectivity index (χ3n) is 4.43. The van der Waals surface area contributed by atoms with Gasteiger partial charge in [-0.3, -0.25) is 5.32 Å². The van der Waals surface area contributed by atoms with Crippen LogP contribution in [0.1, 0.15) is 5.56 Å². The van der Waals surface area contributed by atoms with Crippen LogP contribution in [0.25, 0.3) is 22.5 Å². The maximum Gasteiger partial charge on any atom is 0.326 e. The van der Waals surface area contributed by atoms with Gasteiger partial charge < -0.3 is 9.73 Å². The summed E-state index contributed by atoms with van der Waals surface area (Å²) in [5, 5.41) is 15.7. The zero-order valence-corrected chi connectivity index (χ0v) is 16.5. The molecule has 0 unspecified atom stereocenters. The minimum absolute atomic E-state index is 0.0785. The predicted molar refractivity (Wildman–Crippen MR) is 118 cm³/mol. The first-order valence-corrected chi connectivity index (χ1v) is 9.55. The van der Waals surface area contributed by atoms with E-state index in [9.17, 15) is 10.1 Å². The van der Waals surface area contributed by atoms with Gasteiger partial charge in [0.15, 0.2) is 0 Å². The molecule has 0 radical (unpaired) electrons. The number of rotatable bonds is 4. The molecule has 2 N–H and O–H groups in total. The Morgan fingerprint density at radius 1 is 0.867 bits per heavy atom. The molecule has 146 valence electrons. The fraction of sp³-hybridized carbons (Fsp3) is 0. The van der Waals surface area contributed by atoms with Gasteiger partial charge in [-0.1, -0.05) is 78.3 Å². The van der Waals surface area contributed by atoms with Gasteiger partial charge in [0.1, 0.15) is 17.4 Å². The van der Waals surface area contributed by atoms with Gasteiger partial charge in [0.05, 0.1) is 0 Å². The van der Waals surface area contributed by atoms with Crippen LogP contribution in [-0.2, 0) is 0 Å². The molecule has 3 aromatic carbocycles. The van der Waals surface area contributed by atoms with E-state index in [2.05, 4.69) is 16.7 Å². The van der Waals surface area contributed by atoms with Gasteiger partial charge in [-0.25, -0.2) is 4.79 Å². The molecule has 5 nitrogen and oxygen atoms in total. The van der Waals surface area contributed by atoms with Gasteiger partial charge in [0.25, 0.3) is 0 Å². The molecule has 30 heavy (non-hydrogen) atoms. The van der Waals surface area contributed by atoms with E-state index in [1.165, 1.54) is 0 Å². The zero-order valence-electron chi connectivity index (χ0n) is 15.7. The first-order valence-electron chi connectivity index (χ1n) is 9.17. The summed E-state index contributed by atoms with van der Waals surface area (Å²) in [5.41, 5.74) is 3.02. The monoisotopic (exact) mass is 413 g/mol. The van der Waals surface area contributed by atoms with Crippen molar-refractivity contribution in [3.8, 4) is 28.5 Å². The number of hydrogen-bond acceptors (Lipinski definition) is 3. The van der Waals surface area contributed by atoms with E-state index < -0.39 is 6.03 Å². The molecule has 0 spiro atoms. The molecule has 0 aliphatic rings. The van der Waals surface area contributed by atoms with Crippen molar-refractivity contribution in [2.24, 2.45) is 0 Å². The van der Waals surface area contributed by atoms with Crippen molar-refractivity contribution in [1.82, 2.24) is 0 Å². The number of anilines is 2. The standard InChI is InChI=1S/C24H16ClN3O2/c25-18-12-7-13-19(14-18)27-24(29)28-23-20(15-26)21(16-8-3-1-4-9-16)22(30-23)17-10-5-2-6-11-17/h1-14H,(H2,27,28,29). The van der Waals surface area contributed by atoms with Crippen LogP contribution in [0.2, 0.25) is 5.02 Å². The number of halogens is 1. The third kappa shape index (κ3) is 4.04. The number of carbonyl (C=O) groups is 1. The Balaban J connectivity index is 1.74. The molecule has 0 bridgehead atoms. The molecule has 0 fully saturated rings. The van der Waals surface area contributed by atoms with Gasteiger partial charge in [-0.2, -0.15) is 5.26 Å². The summed E-state index contributed by atoms with van der Waals surface area (Å²) in [6.07, 6.45) is 0. The average molecular weight is 414 g/mol. The van der Waals surface area contributed by atoms with Gasteiger partial charge in [-0.05, 0) is 23.8 Å². The lowest BCUT2D eigenvalue weighted by atomic mass is 9.98. The van der Waals surface area contributed by atoms with Crippen LogP contribution in [-0.4, -0.2) is 6.03 Å². The molecular weight excluding hydrogens is 398 g/mol. The number of nitriles is 1. The van der Waals surface area contributed by atoms with Crippen molar-refractivity contribution in [2.45, 2.75) is 0 Å². The first kappa shape index (κ1) is 19.3. The van der Waals surface area contributed by atoms with Crippen LogP contribution < -0.4 is 10.6 Å². The van der Waals surface area contributed by atoms with Crippen LogP contribution in [0.3, 0.4) is 0 Å². The molecule has 0 saturated carbocycles. The number of nitrogens with one attached hydrogen (secondary N) is 2. The van der Waals surface area contributed by atoms with E-state index in [1.807, 2.05) is 60.7 Å². The molecule has 1 heterocycles. The van der Waals surface area contributed by atoms with Gasteiger partial charge >= 0.3 is 6.03 Å². The number of urea groups is 1. The Morgan fingerprint density at radius 3 is 2.17 bits per heavy atom. The molecular formula is C24H16ClN3O2. The van der Waals surface area contributed by atoms with Gasteiger partial charge in [-0.15, -0.1) is 0 Å². The van der Waals surface area contributed by atoms with Gasteiger partial charge in [0.2, 0.25) is 5.88 Å². The number of benzene rings is 3. The maximum absolute atomic E-state index is 12.5. The highest BCUT2D eigenvalue weighted by Gasteiger charge is 2.24. The average Bonchev–Trinajstić information content (AvgIpc) is 3.13. The Labute approximate surface area is 178 Å². The molecule has 0 aliphatic heterocycles. The summed E-state index contributed by atoms with van der Waals surface area (Å²) >= 11 is 5.96. The summed E-state index contributed by atoms with van der Waals surface area (Å²) in [5.74, 6) is 0.589. The Bertz CT molecular complexity index is 1230. The second kappa shape index (κ2) is 8.56. The molecule has 4 aromatic rings. The Morgan fingerprint density at radius 2 is 1.53 bits per heavy atom. The van der Waals surface area contributed by atoms with Crippen LogP contribution in [0.5, 0.6) is 0 Å². The van der Waals surface area contributed by atoms with E-state index in [-0.39, 0.29) is 11.4 Å². The number of carbonyl (C=O) groups excluding carboxylic acids is 1. The molecule has 1 aromatic heterocycles. The number of hydrogen-bond donors (Lipinski definition) is 2. The zero-order chi connectivity index (χ0) is 20.9. The van der Waals surface area contributed by atoms with E-state index in [0.29, 0.717) is 22.0 Å². The second-order valence-corrected chi connectivity index (χ2v) is 6.88. The van der Waals surface area contributed by atoms with Crippen LogP contribution >= 0.6 is 11.6 Å². The van der Waals surface area contributed by atoms with Crippen molar-refractivity contribution >= 4 is 29.2 Å². The predicted octanol–water partition coefficient (Wildman–Crippen LogP) is 6.78. The summed E-state index contributed by atoms with van der Waals surface area (Å²) in [6.45, 7) is 0. The smallest absolute Gasteiger partial charge is 0.326 e. The second-order valence-electron chi connectivity index (χ2n) is 6.44. The number of furan rings is 1. The Kier molecular flexibility index (Phi) is 5.51. The SMILES string of the molecule is N#Cc1c(NC(=O)Nc2cccc(Cl)c2)oc(-c2ccccc2)c1-c1ccccc1. The lowest BCUT2D eigenvalue weighted by molar-refractivity contribution is 0.261. The highest BCUT2D eigenvalue weighted by molar-refractivity contribution is 6.30. The topological polar surface area (TPSA) is 78.1 Å². The molecule has 0 atom stereocenters. The van der Waals surface area contributed by atoms with Crippen LogP contribution in [0.4, 0.5) is 16.4 Å². The molecule has 2 amide bonds. The largest absolute Gasteiger partial charge is 0.438 e. The number of nitrogens with zero attached hydrogens (tertiary/aromatic N) is 1.